The average Bonchev–Trinajstić information content (AvgIpc) is 2.78. The number of nitrogens with one attached hydrogen (secondary N) is 3. The van der Waals surface area contributed by atoms with E-state index in [0.717, 1.165) is 6.42 Å². The molecular formula is C22H26N4O5. The Bertz CT molecular complexity index is 928. The molecule has 2 aromatic carbocycles. The molecule has 2 rings (SSSR count). The molecule has 0 spiro atoms. The van der Waals surface area contributed by atoms with Crippen molar-refractivity contribution in [2.45, 2.75) is 26.3 Å². The minimum atomic E-state index is -0.835. The van der Waals surface area contributed by atoms with E-state index in [1.807, 2.05) is 6.92 Å². The maximum atomic E-state index is 12.0. The number of ether oxygens (including phenoxy) is 2. The molecule has 3 amide bonds. The van der Waals surface area contributed by atoms with E-state index >= 15 is 0 Å². The first kappa shape index (κ1) is 23.4. The summed E-state index contributed by atoms with van der Waals surface area (Å²) in [6.45, 7) is 3.55. The molecule has 0 saturated heterocycles. The molecule has 164 valence electrons. The Morgan fingerprint density at radius 1 is 1.06 bits per heavy atom. The molecule has 31 heavy (non-hydrogen) atoms. The van der Waals surface area contributed by atoms with Gasteiger partial charge < -0.3 is 20.1 Å². The van der Waals surface area contributed by atoms with Gasteiger partial charge in [-0.05, 0) is 55.3 Å². The van der Waals surface area contributed by atoms with Crippen LogP contribution in [0.4, 0.5) is 5.69 Å². The second kappa shape index (κ2) is 12.0. The molecule has 0 aliphatic heterocycles. The topological polar surface area (TPSA) is 118 Å². The lowest BCUT2D eigenvalue weighted by Crippen LogP contribution is -2.41. The van der Waals surface area contributed by atoms with Crippen LogP contribution in [0.5, 0.6) is 11.5 Å². The lowest BCUT2D eigenvalue weighted by molar-refractivity contribution is -0.139. The van der Waals surface area contributed by atoms with Gasteiger partial charge in [0.05, 0.1) is 13.3 Å². The number of amides is 3. The summed E-state index contributed by atoms with van der Waals surface area (Å²) >= 11 is 0. The van der Waals surface area contributed by atoms with Gasteiger partial charge in [-0.1, -0.05) is 13.0 Å². The van der Waals surface area contributed by atoms with Gasteiger partial charge in [0, 0.05) is 17.8 Å². The second-order valence-electron chi connectivity index (χ2n) is 6.62. The fourth-order valence-electron chi connectivity index (χ4n) is 2.30. The van der Waals surface area contributed by atoms with E-state index < -0.39 is 11.8 Å². The SMILES string of the molecule is CC[C@@H](C)NC(=O)C(=O)N/N=C\c1ccc(OCC(=O)Nc2cccc(OC)c2)cc1. The molecule has 0 heterocycles. The summed E-state index contributed by atoms with van der Waals surface area (Å²) in [4.78, 5) is 35.3. The lowest BCUT2D eigenvalue weighted by Gasteiger charge is -2.09. The third kappa shape index (κ3) is 8.17. The molecule has 1 atom stereocenters. The maximum absolute atomic E-state index is 12.0. The zero-order valence-corrected chi connectivity index (χ0v) is 17.7. The van der Waals surface area contributed by atoms with Crippen LogP contribution in [0, 0.1) is 0 Å². The number of methoxy groups -OCH3 is 1. The Labute approximate surface area is 180 Å². The highest BCUT2D eigenvalue weighted by atomic mass is 16.5. The predicted octanol–water partition coefficient (Wildman–Crippen LogP) is 2.08. The number of hydrogen-bond acceptors (Lipinski definition) is 6. The quantitative estimate of drug-likeness (QED) is 0.322. The number of hydrazone groups is 1. The summed E-state index contributed by atoms with van der Waals surface area (Å²) in [6.07, 6.45) is 2.12. The summed E-state index contributed by atoms with van der Waals surface area (Å²) < 4.78 is 10.6. The second-order valence-corrected chi connectivity index (χ2v) is 6.62. The first-order chi connectivity index (χ1) is 14.9. The van der Waals surface area contributed by atoms with Crippen molar-refractivity contribution in [3.05, 3.63) is 54.1 Å². The summed E-state index contributed by atoms with van der Waals surface area (Å²) in [5.41, 5.74) is 3.46. The van der Waals surface area contributed by atoms with E-state index in [4.69, 9.17) is 9.47 Å². The smallest absolute Gasteiger partial charge is 0.329 e. The standard InChI is InChI=1S/C22H26N4O5/c1-4-15(2)24-21(28)22(29)26-23-13-16-8-10-18(11-9-16)31-14-20(27)25-17-6-5-7-19(12-17)30-3/h5-13,15H,4,14H2,1-3H3,(H,24,28)(H,25,27)(H,26,29)/b23-13-/t15-/m1/s1. The molecule has 0 saturated carbocycles. The third-order valence-corrected chi connectivity index (χ3v) is 4.18. The first-order valence-corrected chi connectivity index (χ1v) is 9.72. The van der Waals surface area contributed by atoms with Crippen molar-refractivity contribution in [1.29, 1.82) is 0 Å². The van der Waals surface area contributed by atoms with E-state index in [9.17, 15) is 14.4 Å². The van der Waals surface area contributed by atoms with Crippen LogP contribution in [-0.2, 0) is 14.4 Å². The molecule has 9 heteroatoms. The van der Waals surface area contributed by atoms with Crippen molar-refractivity contribution in [2.24, 2.45) is 5.10 Å². The Morgan fingerprint density at radius 3 is 2.48 bits per heavy atom. The molecular weight excluding hydrogens is 400 g/mol. The van der Waals surface area contributed by atoms with Gasteiger partial charge in [0.2, 0.25) is 0 Å². The third-order valence-electron chi connectivity index (χ3n) is 4.18. The van der Waals surface area contributed by atoms with E-state index in [0.29, 0.717) is 22.7 Å². The molecule has 0 unspecified atom stereocenters. The van der Waals surface area contributed by atoms with Crippen molar-refractivity contribution < 1.29 is 23.9 Å². The van der Waals surface area contributed by atoms with Gasteiger partial charge in [0.25, 0.3) is 5.91 Å². The minimum Gasteiger partial charge on any atom is -0.497 e. The van der Waals surface area contributed by atoms with Gasteiger partial charge in [0.1, 0.15) is 11.5 Å². The zero-order valence-electron chi connectivity index (χ0n) is 17.7. The molecule has 2 aromatic rings. The van der Waals surface area contributed by atoms with Crippen LogP contribution in [-0.4, -0.2) is 43.7 Å². The minimum absolute atomic E-state index is 0.0904. The molecule has 0 radical (unpaired) electrons. The highest BCUT2D eigenvalue weighted by molar-refractivity contribution is 6.35. The van der Waals surface area contributed by atoms with E-state index in [-0.39, 0.29) is 18.6 Å². The van der Waals surface area contributed by atoms with Crippen LogP contribution >= 0.6 is 0 Å². The van der Waals surface area contributed by atoms with Crippen LogP contribution in [0.2, 0.25) is 0 Å². The zero-order chi connectivity index (χ0) is 22.6. The van der Waals surface area contributed by atoms with E-state index in [2.05, 4.69) is 21.2 Å². The molecule has 0 aromatic heterocycles. The van der Waals surface area contributed by atoms with Gasteiger partial charge in [-0.3, -0.25) is 14.4 Å². The monoisotopic (exact) mass is 426 g/mol. The Kier molecular flexibility index (Phi) is 9.03. The molecule has 0 bridgehead atoms. The van der Waals surface area contributed by atoms with Gasteiger partial charge in [-0.15, -0.1) is 0 Å². The number of benzene rings is 2. The highest BCUT2D eigenvalue weighted by Crippen LogP contribution is 2.17. The summed E-state index contributed by atoms with van der Waals surface area (Å²) in [6, 6.07) is 13.6. The fraction of sp³-hybridized carbons (Fsp3) is 0.273. The maximum Gasteiger partial charge on any atom is 0.329 e. The highest BCUT2D eigenvalue weighted by Gasteiger charge is 2.14. The number of rotatable bonds is 9. The van der Waals surface area contributed by atoms with Crippen molar-refractivity contribution >= 4 is 29.6 Å². The Morgan fingerprint density at radius 2 is 1.81 bits per heavy atom. The van der Waals surface area contributed by atoms with Gasteiger partial charge in [-0.2, -0.15) is 5.10 Å². The van der Waals surface area contributed by atoms with Gasteiger partial charge in [-0.25, -0.2) is 5.43 Å². The molecule has 0 aliphatic rings. The molecule has 0 aliphatic carbocycles. The summed E-state index contributed by atoms with van der Waals surface area (Å²) in [5, 5.41) is 9.03. The number of anilines is 1. The molecule has 0 fully saturated rings. The van der Waals surface area contributed by atoms with Crippen LogP contribution < -0.4 is 25.5 Å². The van der Waals surface area contributed by atoms with E-state index in [1.165, 1.54) is 6.21 Å². The number of hydrogen-bond donors (Lipinski definition) is 3. The van der Waals surface area contributed by atoms with Crippen LogP contribution in [0.15, 0.2) is 53.6 Å². The Hall–Kier alpha value is -3.88. The van der Waals surface area contributed by atoms with Crippen LogP contribution in [0.25, 0.3) is 0 Å². The first-order valence-electron chi connectivity index (χ1n) is 9.72. The number of carbonyl (C=O) groups is 3. The summed E-state index contributed by atoms with van der Waals surface area (Å²) in [7, 11) is 1.55. The van der Waals surface area contributed by atoms with Crippen LogP contribution in [0.1, 0.15) is 25.8 Å². The predicted molar refractivity (Wildman–Crippen MR) is 117 cm³/mol. The molecule has 3 N–H and O–H groups in total. The number of nitrogens with zero attached hydrogens (tertiary/aromatic N) is 1. The normalized spacial score (nSPS) is 11.5. The largest absolute Gasteiger partial charge is 0.497 e. The van der Waals surface area contributed by atoms with Gasteiger partial charge in [0.15, 0.2) is 6.61 Å². The van der Waals surface area contributed by atoms with E-state index in [1.54, 1.807) is 62.6 Å². The van der Waals surface area contributed by atoms with Crippen molar-refractivity contribution in [1.82, 2.24) is 10.7 Å². The molecule has 9 nitrogen and oxygen atoms in total. The van der Waals surface area contributed by atoms with Crippen molar-refractivity contribution in [2.75, 3.05) is 19.0 Å². The number of carbonyl (C=O) groups excluding carboxylic acids is 3. The average molecular weight is 426 g/mol. The van der Waals surface area contributed by atoms with Crippen LogP contribution in [0.3, 0.4) is 0 Å². The van der Waals surface area contributed by atoms with Crippen molar-refractivity contribution in [3.8, 4) is 11.5 Å². The summed E-state index contributed by atoms with van der Waals surface area (Å²) in [5.74, 6) is -0.739. The van der Waals surface area contributed by atoms with Crippen molar-refractivity contribution in [3.63, 3.8) is 0 Å². The van der Waals surface area contributed by atoms with Gasteiger partial charge >= 0.3 is 11.8 Å². The fourth-order valence-corrected chi connectivity index (χ4v) is 2.30. The Balaban J connectivity index is 1.78. The lowest BCUT2D eigenvalue weighted by atomic mass is 10.2.